The second kappa shape index (κ2) is 6.65. The van der Waals surface area contributed by atoms with Gasteiger partial charge < -0.3 is 5.32 Å². The Hall–Kier alpha value is -0.290. The maximum absolute atomic E-state index is 12.5. The van der Waals surface area contributed by atoms with Crippen molar-refractivity contribution in [2.24, 2.45) is 5.92 Å². The Labute approximate surface area is 130 Å². The highest BCUT2D eigenvalue weighted by molar-refractivity contribution is 7.91. The molecule has 2 rings (SSSR count). The van der Waals surface area contributed by atoms with Crippen molar-refractivity contribution in [3.05, 3.63) is 28.2 Å². The molecule has 1 unspecified atom stereocenters. The van der Waals surface area contributed by atoms with Crippen LogP contribution in [0.1, 0.15) is 25.7 Å². The maximum Gasteiger partial charge on any atom is 0.179 e. The van der Waals surface area contributed by atoms with E-state index in [1.165, 1.54) is 31.0 Å². The Bertz CT molecular complexity index is 569. The van der Waals surface area contributed by atoms with Gasteiger partial charge >= 0.3 is 0 Å². The first-order valence-electron chi connectivity index (χ1n) is 6.79. The van der Waals surface area contributed by atoms with Gasteiger partial charge in [-0.25, -0.2) is 8.42 Å². The molecule has 0 aliphatic heterocycles. The number of benzene rings is 1. The topological polar surface area (TPSA) is 46.2 Å². The summed E-state index contributed by atoms with van der Waals surface area (Å²) in [5.41, 5.74) is 0. The lowest BCUT2D eigenvalue weighted by atomic mass is 10.0. The van der Waals surface area contributed by atoms with Crippen LogP contribution in [-0.2, 0) is 9.84 Å². The molecule has 0 radical (unpaired) electrons. The zero-order valence-corrected chi connectivity index (χ0v) is 13.7. The molecule has 1 aromatic carbocycles. The van der Waals surface area contributed by atoms with Gasteiger partial charge in [0.1, 0.15) is 0 Å². The molecular formula is C14H19Cl2NO2S. The molecule has 6 heteroatoms. The number of nitrogens with one attached hydrogen (secondary N) is 1. The van der Waals surface area contributed by atoms with Gasteiger partial charge in [-0.05, 0) is 44.0 Å². The predicted octanol–water partition coefficient (Wildman–Crippen LogP) is 3.55. The van der Waals surface area contributed by atoms with Gasteiger partial charge in [0.15, 0.2) is 9.84 Å². The van der Waals surface area contributed by atoms with E-state index in [4.69, 9.17) is 23.2 Å². The zero-order valence-electron chi connectivity index (χ0n) is 11.4. The Balaban J connectivity index is 2.18. The summed E-state index contributed by atoms with van der Waals surface area (Å²) < 4.78 is 25.0. The van der Waals surface area contributed by atoms with Crippen LogP contribution in [0.25, 0.3) is 0 Å². The highest BCUT2D eigenvalue weighted by atomic mass is 35.5. The van der Waals surface area contributed by atoms with Gasteiger partial charge in [-0.15, -0.1) is 0 Å². The number of hydrogen-bond acceptors (Lipinski definition) is 3. The van der Waals surface area contributed by atoms with E-state index in [9.17, 15) is 8.42 Å². The fourth-order valence-electron chi connectivity index (χ4n) is 2.82. The van der Waals surface area contributed by atoms with Crippen LogP contribution in [0.2, 0.25) is 10.0 Å². The van der Waals surface area contributed by atoms with Crippen molar-refractivity contribution in [3.63, 3.8) is 0 Å². The van der Waals surface area contributed by atoms with Gasteiger partial charge in [0.25, 0.3) is 0 Å². The summed E-state index contributed by atoms with van der Waals surface area (Å²) in [6.45, 7) is 0. The van der Waals surface area contributed by atoms with Crippen molar-refractivity contribution in [1.29, 1.82) is 0 Å². The summed E-state index contributed by atoms with van der Waals surface area (Å²) >= 11 is 11.7. The molecule has 0 amide bonds. The molecule has 20 heavy (non-hydrogen) atoms. The summed E-state index contributed by atoms with van der Waals surface area (Å²) in [6.07, 6.45) is 4.58. The van der Waals surface area contributed by atoms with Crippen LogP contribution in [0, 0.1) is 5.92 Å². The lowest BCUT2D eigenvalue weighted by Gasteiger charge is -2.22. The van der Waals surface area contributed by atoms with Gasteiger partial charge in [0.05, 0.1) is 20.7 Å². The molecule has 1 N–H and O–H groups in total. The molecule has 1 saturated carbocycles. The standard InChI is InChI=1S/C14H19Cl2NO2S/c1-17-14(10-4-2-3-5-10)9-20(18,19)11-6-7-12(15)13(16)8-11/h6-8,10,14,17H,2-5,9H2,1H3. The van der Waals surface area contributed by atoms with Crippen LogP contribution in [0.4, 0.5) is 0 Å². The predicted molar refractivity (Wildman–Crippen MR) is 83.3 cm³/mol. The summed E-state index contributed by atoms with van der Waals surface area (Å²) in [5.74, 6) is 0.545. The van der Waals surface area contributed by atoms with Crippen LogP contribution in [0.15, 0.2) is 23.1 Å². The van der Waals surface area contributed by atoms with Gasteiger partial charge in [-0.1, -0.05) is 36.0 Å². The Morgan fingerprint density at radius 2 is 1.90 bits per heavy atom. The Kier molecular flexibility index (Phi) is 5.35. The lowest BCUT2D eigenvalue weighted by Crippen LogP contribution is -2.38. The number of rotatable bonds is 5. The Morgan fingerprint density at radius 1 is 1.25 bits per heavy atom. The summed E-state index contributed by atoms with van der Waals surface area (Å²) in [6, 6.07) is 4.48. The Morgan fingerprint density at radius 3 is 2.45 bits per heavy atom. The molecule has 0 bridgehead atoms. The highest BCUT2D eigenvalue weighted by Crippen LogP contribution is 2.30. The molecule has 1 aliphatic rings. The normalized spacial score (nSPS) is 18.4. The van der Waals surface area contributed by atoms with E-state index in [1.807, 2.05) is 7.05 Å². The second-order valence-electron chi connectivity index (χ2n) is 5.30. The molecule has 1 fully saturated rings. The molecule has 1 aliphatic carbocycles. The smallest absolute Gasteiger partial charge is 0.179 e. The van der Waals surface area contributed by atoms with Crippen LogP contribution in [0.3, 0.4) is 0 Å². The van der Waals surface area contributed by atoms with Crippen molar-refractivity contribution in [2.75, 3.05) is 12.8 Å². The van der Waals surface area contributed by atoms with Crippen molar-refractivity contribution in [1.82, 2.24) is 5.32 Å². The van der Waals surface area contributed by atoms with Crippen molar-refractivity contribution in [2.45, 2.75) is 36.6 Å². The van der Waals surface area contributed by atoms with E-state index in [0.29, 0.717) is 10.9 Å². The largest absolute Gasteiger partial charge is 0.316 e. The van der Waals surface area contributed by atoms with Gasteiger partial charge in [-0.3, -0.25) is 0 Å². The van der Waals surface area contributed by atoms with Crippen LogP contribution < -0.4 is 5.32 Å². The second-order valence-corrected chi connectivity index (χ2v) is 8.15. The maximum atomic E-state index is 12.5. The van der Waals surface area contributed by atoms with E-state index >= 15 is 0 Å². The average molecular weight is 336 g/mol. The summed E-state index contributed by atoms with van der Waals surface area (Å²) in [7, 11) is -1.53. The van der Waals surface area contributed by atoms with Gasteiger partial charge in [0.2, 0.25) is 0 Å². The van der Waals surface area contributed by atoms with Crippen LogP contribution in [0.5, 0.6) is 0 Å². The zero-order chi connectivity index (χ0) is 14.8. The van der Waals surface area contributed by atoms with Gasteiger partial charge in [-0.2, -0.15) is 0 Å². The number of halogens is 2. The SMILES string of the molecule is CNC(CS(=O)(=O)c1ccc(Cl)c(Cl)c1)C1CCCC1. The van der Waals surface area contributed by atoms with E-state index in [2.05, 4.69) is 5.32 Å². The van der Waals surface area contributed by atoms with E-state index in [0.717, 1.165) is 12.8 Å². The molecule has 0 saturated heterocycles. The van der Waals surface area contributed by atoms with Crippen molar-refractivity contribution in [3.8, 4) is 0 Å². The molecule has 112 valence electrons. The first-order chi connectivity index (χ1) is 9.44. The highest BCUT2D eigenvalue weighted by Gasteiger charge is 2.29. The third-order valence-corrected chi connectivity index (χ3v) is 6.50. The average Bonchev–Trinajstić information content (AvgIpc) is 2.93. The molecule has 1 atom stereocenters. The number of hydrogen-bond donors (Lipinski definition) is 1. The molecule has 0 spiro atoms. The van der Waals surface area contributed by atoms with E-state index in [-0.39, 0.29) is 21.7 Å². The van der Waals surface area contributed by atoms with Crippen molar-refractivity contribution >= 4 is 33.0 Å². The lowest BCUT2D eigenvalue weighted by molar-refractivity contribution is 0.404. The summed E-state index contributed by atoms with van der Waals surface area (Å²) in [5, 5.41) is 3.80. The minimum Gasteiger partial charge on any atom is -0.316 e. The molecule has 3 nitrogen and oxygen atoms in total. The first-order valence-corrected chi connectivity index (χ1v) is 9.20. The molecule has 0 aromatic heterocycles. The summed E-state index contributed by atoms with van der Waals surface area (Å²) in [4.78, 5) is 0.241. The van der Waals surface area contributed by atoms with E-state index < -0.39 is 9.84 Å². The quantitative estimate of drug-likeness (QED) is 0.894. The van der Waals surface area contributed by atoms with Crippen LogP contribution >= 0.6 is 23.2 Å². The minimum atomic E-state index is -3.35. The molecular weight excluding hydrogens is 317 g/mol. The minimum absolute atomic E-state index is 0.00282. The van der Waals surface area contributed by atoms with Gasteiger partial charge in [0, 0.05) is 6.04 Å². The van der Waals surface area contributed by atoms with Crippen molar-refractivity contribution < 1.29 is 8.42 Å². The first kappa shape index (κ1) is 16.1. The third kappa shape index (κ3) is 3.67. The monoisotopic (exact) mass is 335 g/mol. The fourth-order valence-corrected chi connectivity index (χ4v) is 4.86. The number of sulfone groups is 1. The van der Waals surface area contributed by atoms with E-state index in [1.54, 1.807) is 0 Å². The van der Waals surface area contributed by atoms with Crippen LogP contribution in [-0.4, -0.2) is 27.3 Å². The fraction of sp³-hybridized carbons (Fsp3) is 0.571. The molecule has 0 heterocycles. The third-order valence-electron chi connectivity index (χ3n) is 3.99. The molecule has 1 aromatic rings.